The summed E-state index contributed by atoms with van der Waals surface area (Å²) in [5.74, 6) is -0.655. The Morgan fingerprint density at radius 3 is 1.86 bits per heavy atom. The van der Waals surface area contributed by atoms with Crippen LogP contribution in [0.1, 0.15) is 85.0 Å². The maximum absolute atomic E-state index is 12.1. The standard InChI is InChI=1S/C18H32O4/c1-4-6-8-10-12-15(13-11-9-7-5-2)16-18(20)21-14(3)17(19)22-16/h14-16H,4-13H2,1-3H3. The molecule has 0 aromatic heterocycles. The fourth-order valence-electron chi connectivity index (χ4n) is 2.96. The molecular formula is C18H32O4. The monoisotopic (exact) mass is 312 g/mol. The fraction of sp³-hybridized carbons (Fsp3) is 0.889. The summed E-state index contributed by atoms with van der Waals surface area (Å²) in [6, 6.07) is 0. The summed E-state index contributed by atoms with van der Waals surface area (Å²) < 4.78 is 10.5. The SMILES string of the molecule is CCCCCCC(CCCCCC)C1OC(=O)C(C)OC1=O. The zero-order chi connectivity index (χ0) is 16.4. The number of carbonyl (C=O) groups excluding carboxylic acids is 2. The quantitative estimate of drug-likeness (QED) is 0.419. The number of unbranched alkanes of at least 4 members (excludes halogenated alkanes) is 6. The average Bonchev–Trinajstić information content (AvgIpc) is 2.50. The smallest absolute Gasteiger partial charge is 0.348 e. The Hall–Kier alpha value is -1.06. The molecule has 1 aliphatic rings. The van der Waals surface area contributed by atoms with Crippen molar-refractivity contribution in [2.24, 2.45) is 5.92 Å². The fourth-order valence-corrected chi connectivity index (χ4v) is 2.96. The molecule has 2 atom stereocenters. The molecular weight excluding hydrogens is 280 g/mol. The van der Waals surface area contributed by atoms with Gasteiger partial charge in [0.15, 0.2) is 6.10 Å². The van der Waals surface area contributed by atoms with Crippen LogP contribution >= 0.6 is 0 Å². The molecule has 0 amide bonds. The van der Waals surface area contributed by atoms with Crippen LogP contribution in [0, 0.1) is 5.92 Å². The summed E-state index contributed by atoms with van der Waals surface area (Å²) in [7, 11) is 0. The topological polar surface area (TPSA) is 52.6 Å². The minimum Gasteiger partial charge on any atom is -0.448 e. The highest BCUT2D eigenvalue weighted by Gasteiger charge is 2.40. The molecule has 22 heavy (non-hydrogen) atoms. The molecule has 1 aliphatic heterocycles. The summed E-state index contributed by atoms with van der Waals surface area (Å²) in [6.07, 6.45) is 9.77. The molecule has 0 saturated carbocycles. The molecule has 1 rings (SSSR count). The average molecular weight is 312 g/mol. The van der Waals surface area contributed by atoms with Crippen LogP contribution in [0.4, 0.5) is 0 Å². The molecule has 128 valence electrons. The predicted octanol–water partition coefficient (Wildman–Crippen LogP) is 4.40. The van der Waals surface area contributed by atoms with Gasteiger partial charge in [0.05, 0.1) is 0 Å². The van der Waals surface area contributed by atoms with Gasteiger partial charge < -0.3 is 9.47 Å². The normalized spacial score (nSPS) is 21.8. The van der Waals surface area contributed by atoms with Gasteiger partial charge in [0.2, 0.25) is 6.10 Å². The molecule has 0 bridgehead atoms. The number of hydrogen-bond acceptors (Lipinski definition) is 4. The van der Waals surface area contributed by atoms with Crippen LogP contribution in [0.25, 0.3) is 0 Å². The lowest BCUT2D eigenvalue weighted by atomic mass is 9.89. The number of hydrogen-bond donors (Lipinski definition) is 0. The third kappa shape index (κ3) is 6.37. The van der Waals surface area contributed by atoms with E-state index in [0.717, 1.165) is 25.7 Å². The van der Waals surface area contributed by atoms with E-state index in [-0.39, 0.29) is 11.9 Å². The maximum Gasteiger partial charge on any atom is 0.348 e. The van der Waals surface area contributed by atoms with Crippen LogP contribution in [0.3, 0.4) is 0 Å². The number of esters is 2. The van der Waals surface area contributed by atoms with Crippen LogP contribution in [-0.4, -0.2) is 24.1 Å². The van der Waals surface area contributed by atoms with Crippen LogP contribution in [0.2, 0.25) is 0 Å². The lowest BCUT2D eigenvalue weighted by Gasteiger charge is -2.31. The van der Waals surface area contributed by atoms with E-state index in [1.807, 2.05) is 0 Å². The van der Waals surface area contributed by atoms with Gasteiger partial charge in [0, 0.05) is 5.92 Å². The number of ether oxygens (including phenoxy) is 2. The first-order valence-corrected chi connectivity index (χ1v) is 9.01. The molecule has 2 unspecified atom stereocenters. The van der Waals surface area contributed by atoms with E-state index in [9.17, 15) is 9.59 Å². The number of rotatable bonds is 11. The molecule has 0 aromatic carbocycles. The van der Waals surface area contributed by atoms with E-state index in [2.05, 4.69) is 13.8 Å². The van der Waals surface area contributed by atoms with E-state index in [1.165, 1.54) is 38.5 Å². The first-order valence-electron chi connectivity index (χ1n) is 9.01. The van der Waals surface area contributed by atoms with Gasteiger partial charge in [-0.15, -0.1) is 0 Å². The molecule has 0 radical (unpaired) electrons. The first kappa shape index (κ1) is 19.0. The number of carbonyl (C=O) groups is 2. The van der Waals surface area contributed by atoms with Gasteiger partial charge in [-0.25, -0.2) is 9.59 Å². The van der Waals surface area contributed by atoms with Crippen molar-refractivity contribution in [1.29, 1.82) is 0 Å². The minimum atomic E-state index is -0.760. The van der Waals surface area contributed by atoms with E-state index in [0.29, 0.717) is 0 Å². The predicted molar refractivity (Wildman–Crippen MR) is 86.4 cm³/mol. The number of cyclic esters (lactones) is 2. The van der Waals surface area contributed by atoms with Crippen molar-refractivity contribution in [2.45, 2.75) is 97.2 Å². The molecule has 0 N–H and O–H groups in total. The van der Waals surface area contributed by atoms with Crippen LogP contribution in [-0.2, 0) is 19.1 Å². The summed E-state index contributed by atoms with van der Waals surface area (Å²) >= 11 is 0. The molecule has 4 heteroatoms. The van der Waals surface area contributed by atoms with Crippen molar-refractivity contribution in [2.75, 3.05) is 0 Å². The molecule has 1 heterocycles. The highest BCUT2D eigenvalue weighted by atomic mass is 16.6. The Kier molecular flexibility index (Phi) is 9.17. The van der Waals surface area contributed by atoms with Crippen molar-refractivity contribution >= 4 is 11.9 Å². The van der Waals surface area contributed by atoms with Gasteiger partial charge in [-0.1, -0.05) is 65.2 Å². The third-order valence-electron chi connectivity index (χ3n) is 4.39. The van der Waals surface area contributed by atoms with Gasteiger partial charge in [-0.3, -0.25) is 0 Å². The largest absolute Gasteiger partial charge is 0.448 e. The zero-order valence-corrected chi connectivity index (χ0v) is 14.4. The molecule has 4 nitrogen and oxygen atoms in total. The molecule has 0 spiro atoms. The third-order valence-corrected chi connectivity index (χ3v) is 4.39. The Morgan fingerprint density at radius 2 is 1.36 bits per heavy atom. The zero-order valence-electron chi connectivity index (χ0n) is 14.4. The summed E-state index contributed by atoms with van der Waals surface area (Å²) in [4.78, 5) is 23.8. The van der Waals surface area contributed by atoms with Crippen molar-refractivity contribution in [1.82, 2.24) is 0 Å². The lowest BCUT2D eigenvalue weighted by molar-refractivity contribution is -0.198. The van der Waals surface area contributed by atoms with Gasteiger partial charge in [-0.2, -0.15) is 0 Å². The minimum absolute atomic E-state index is 0.109. The van der Waals surface area contributed by atoms with Crippen LogP contribution < -0.4 is 0 Å². The van der Waals surface area contributed by atoms with Crippen molar-refractivity contribution in [3.63, 3.8) is 0 Å². The Bertz CT molecular complexity index is 328. The second kappa shape index (κ2) is 10.6. The van der Waals surface area contributed by atoms with Gasteiger partial charge in [0.1, 0.15) is 0 Å². The highest BCUT2D eigenvalue weighted by Crippen LogP contribution is 2.27. The molecule has 0 aliphatic carbocycles. The van der Waals surface area contributed by atoms with Gasteiger partial charge in [0.25, 0.3) is 0 Å². The maximum atomic E-state index is 12.1. The van der Waals surface area contributed by atoms with Crippen molar-refractivity contribution in [3.8, 4) is 0 Å². The van der Waals surface area contributed by atoms with Gasteiger partial charge in [-0.05, 0) is 19.8 Å². The second-order valence-corrected chi connectivity index (χ2v) is 6.40. The van der Waals surface area contributed by atoms with Crippen molar-refractivity contribution < 1.29 is 19.1 Å². The van der Waals surface area contributed by atoms with E-state index in [1.54, 1.807) is 6.92 Å². The lowest BCUT2D eigenvalue weighted by Crippen LogP contribution is -2.46. The summed E-state index contributed by atoms with van der Waals surface area (Å²) in [5.41, 5.74) is 0. The molecule has 1 saturated heterocycles. The van der Waals surface area contributed by atoms with E-state index in [4.69, 9.17) is 9.47 Å². The second-order valence-electron chi connectivity index (χ2n) is 6.40. The van der Waals surface area contributed by atoms with E-state index < -0.39 is 18.2 Å². The van der Waals surface area contributed by atoms with Crippen LogP contribution in [0.5, 0.6) is 0 Å². The Morgan fingerprint density at radius 1 is 0.818 bits per heavy atom. The summed E-state index contributed by atoms with van der Waals surface area (Å²) in [6.45, 7) is 5.93. The van der Waals surface area contributed by atoms with Gasteiger partial charge >= 0.3 is 11.9 Å². The highest BCUT2D eigenvalue weighted by molar-refractivity contribution is 5.87. The first-order chi connectivity index (χ1) is 10.6. The Balaban J connectivity index is 2.54. The van der Waals surface area contributed by atoms with E-state index >= 15 is 0 Å². The Labute approximate surface area is 134 Å². The summed E-state index contributed by atoms with van der Waals surface area (Å²) in [5, 5.41) is 0. The molecule has 0 aromatic rings. The van der Waals surface area contributed by atoms with Crippen molar-refractivity contribution in [3.05, 3.63) is 0 Å². The van der Waals surface area contributed by atoms with Crippen LogP contribution in [0.15, 0.2) is 0 Å². The molecule has 1 fully saturated rings.